The topological polar surface area (TPSA) is 52.6 Å². The van der Waals surface area contributed by atoms with Crippen molar-refractivity contribution in [1.29, 1.82) is 0 Å². The van der Waals surface area contributed by atoms with Crippen molar-refractivity contribution in [2.45, 2.75) is 51.5 Å². The van der Waals surface area contributed by atoms with E-state index in [-0.39, 0.29) is 17.9 Å². The zero-order chi connectivity index (χ0) is 13.0. The van der Waals surface area contributed by atoms with E-state index < -0.39 is 0 Å². The maximum atomic E-state index is 12.0. The molecule has 104 valence electrons. The van der Waals surface area contributed by atoms with E-state index in [0.717, 1.165) is 25.9 Å². The zero-order valence-corrected chi connectivity index (χ0v) is 11.5. The summed E-state index contributed by atoms with van der Waals surface area (Å²) in [7, 11) is 0. The number of hydrogen-bond donors (Lipinski definition) is 2. The molecule has 0 saturated heterocycles. The molecule has 2 aliphatic carbocycles. The van der Waals surface area contributed by atoms with Crippen molar-refractivity contribution in [2.75, 3.05) is 26.2 Å². The lowest BCUT2D eigenvalue weighted by Gasteiger charge is -2.27. The average Bonchev–Trinajstić information content (AvgIpc) is 3.09. The number of carbonyl (C=O) groups excluding carboxylic acids is 1. The van der Waals surface area contributed by atoms with Gasteiger partial charge in [-0.1, -0.05) is 12.8 Å². The van der Waals surface area contributed by atoms with Gasteiger partial charge in [0, 0.05) is 31.2 Å². The molecule has 0 spiro atoms. The fourth-order valence-corrected chi connectivity index (χ4v) is 3.08. The van der Waals surface area contributed by atoms with Crippen molar-refractivity contribution in [3.8, 4) is 0 Å². The summed E-state index contributed by atoms with van der Waals surface area (Å²) in [5.74, 6) is 0.214. The summed E-state index contributed by atoms with van der Waals surface area (Å²) in [6.07, 6.45) is 6.93. The van der Waals surface area contributed by atoms with Crippen LogP contribution in [0.2, 0.25) is 0 Å². The minimum absolute atomic E-state index is 0.0386. The van der Waals surface area contributed by atoms with Crippen molar-refractivity contribution >= 4 is 5.91 Å². The normalized spacial score (nSPS) is 22.1. The monoisotopic (exact) mass is 254 g/mol. The molecule has 2 aliphatic rings. The molecule has 0 radical (unpaired) electrons. The molecule has 1 amide bonds. The van der Waals surface area contributed by atoms with Gasteiger partial charge in [-0.3, -0.25) is 4.79 Å². The van der Waals surface area contributed by atoms with Gasteiger partial charge in [-0.2, -0.15) is 0 Å². The number of likely N-dealkylation sites (N-methyl/N-ethyl adjacent to an activating group) is 1. The maximum Gasteiger partial charge on any atom is 0.236 e. The molecule has 4 heteroatoms. The van der Waals surface area contributed by atoms with Crippen LogP contribution in [0.25, 0.3) is 0 Å². The summed E-state index contributed by atoms with van der Waals surface area (Å²) in [6, 6.07) is 0.502. The lowest BCUT2D eigenvalue weighted by atomic mass is 9.87. The van der Waals surface area contributed by atoms with E-state index >= 15 is 0 Å². The average molecular weight is 254 g/mol. The minimum atomic E-state index is 0.0386. The molecule has 0 heterocycles. The number of aliphatic hydroxyl groups excluding tert-OH is 1. The summed E-state index contributed by atoms with van der Waals surface area (Å²) in [5.41, 5.74) is 0.0386. The predicted molar refractivity (Wildman–Crippen MR) is 71.3 cm³/mol. The standard InChI is InChI=1S/C14H26N2O2/c1-2-16(12-5-6-12)13(18)9-15-10-14(11-17)7-3-4-8-14/h12,15,17H,2-11H2,1H3. The maximum absolute atomic E-state index is 12.0. The van der Waals surface area contributed by atoms with Gasteiger partial charge in [0.25, 0.3) is 0 Å². The molecule has 0 aromatic carbocycles. The molecule has 0 atom stereocenters. The van der Waals surface area contributed by atoms with Gasteiger partial charge >= 0.3 is 0 Å². The first-order valence-corrected chi connectivity index (χ1v) is 7.32. The van der Waals surface area contributed by atoms with Gasteiger partial charge in [0.2, 0.25) is 5.91 Å². The highest BCUT2D eigenvalue weighted by molar-refractivity contribution is 5.78. The van der Waals surface area contributed by atoms with Crippen molar-refractivity contribution < 1.29 is 9.90 Å². The summed E-state index contributed by atoms with van der Waals surface area (Å²) in [4.78, 5) is 14.0. The summed E-state index contributed by atoms with van der Waals surface area (Å²) in [6.45, 7) is 4.30. The highest BCUT2D eigenvalue weighted by atomic mass is 16.3. The van der Waals surface area contributed by atoms with Crippen LogP contribution >= 0.6 is 0 Å². The molecule has 18 heavy (non-hydrogen) atoms. The van der Waals surface area contributed by atoms with Crippen molar-refractivity contribution in [3.63, 3.8) is 0 Å². The first-order valence-electron chi connectivity index (χ1n) is 7.32. The first kappa shape index (κ1) is 13.8. The van der Waals surface area contributed by atoms with Crippen LogP contribution in [0.3, 0.4) is 0 Å². The summed E-state index contributed by atoms with van der Waals surface area (Å²) in [5, 5.41) is 12.8. The Morgan fingerprint density at radius 1 is 1.39 bits per heavy atom. The van der Waals surface area contributed by atoms with Crippen LogP contribution in [0.5, 0.6) is 0 Å². The number of carbonyl (C=O) groups is 1. The second kappa shape index (κ2) is 6.02. The van der Waals surface area contributed by atoms with Crippen LogP contribution in [0.4, 0.5) is 0 Å². The minimum Gasteiger partial charge on any atom is -0.396 e. The Morgan fingerprint density at radius 3 is 2.56 bits per heavy atom. The van der Waals surface area contributed by atoms with Gasteiger partial charge in [-0.05, 0) is 32.6 Å². The van der Waals surface area contributed by atoms with Crippen LogP contribution in [-0.4, -0.2) is 48.2 Å². The lowest BCUT2D eigenvalue weighted by molar-refractivity contribution is -0.130. The molecule has 0 aromatic rings. The third-order valence-electron chi connectivity index (χ3n) is 4.42. The van der Waals surface area contributed by atoms with E-state index in [1.165, 1.54) is 25.7 Å². The Hall–Kier alpha value is -0.610. The van der Waals surface area contributed by atoms with Gasteiger partial charge in [0.1, 0.15) is 0 Å². The fourth-order valence-electron chi connectivity index (χ4n) is 3.08. The fraction of sp³-hybridized carbons (Fsp3) is 0.929. The molecule has 2 saturated carbocycles. The SMILES string of the molecule is CCN(C(=O)CNCC1(CO)CCCC1)C1CC1. The van der Waals surface area contributed by atoms with Crippen LogP contribution in [0, 0.1) is 5.41 Å². The second-order valence-corrected chi connectivity index (χ2v) is 5.88. The molecule has 2 rings (SSSR count). The van der Waals surface area contributed by atoms with Gasteiger partial charge in [-0.25, -0.2) is 0 Å². The van der Waals surface area contributed by atoms with E-state index in [2.05, 4.69) is 5.32 Å². The number of hydrogen-bond acceptors (Lipinski definition) is 3. The Labute approximate surface area is 110 Å². The Morgan fingerprint density at radius 2 is 2.06 bits per heavy atom. The number of nitrogens with zero attached hydrogens (tertiary/aromatic N) is 1. The van der Waals surface area contributed by atoms with Gasteiger partial charge in [0.15, 0.2) is 0 Å². The van der Waals surface area contributed by atoms with Crippen LogP contribution in [0.15, 0.2) is 0 Å². The molecule has 2 fully saturated rings. The van der Waals surface area contributed by atoms with Crippen molar-refractivity contribution in [2.24, 2.45) is 5.41 Å². The number of nitrogens with one attached hydrogen (secondary N) is 1. The summed E-state index contributed by atoms with van der Waals surface area (Å²) >= 11 is 0. The highest BCUT2D eigenvalue weighted by Crippen LogP contribution is 2.36. The van der Waals surface area contributed by atoms with Gasteiger partial charge in [0.05, 0.1) is 6.54 Å². The molecule has 2 N–H and O–H groups in total. The van der Waals surface area contributed by atoms with Crippen molar-refractivity contribution in [1.82, 2.24) is 10.2 Å². The highest BCUT2D eigenvalue weighted by Gasteiger charge is 2.34. The van der Waals surface area contributed by atoms with Crippen LogP contribution in [0.1, 0.15) is 45.4 Å². The summed E-state index contributed by atoms with van der Waals surface area (Å²) < 4.78 is 0. The third-order valence-corrected chi connectivity index (χ3v) is 4.42. The Bertz CT molecular complexity index is 284. The molecule has 0 aliphatic heterocycles. The van der Waals surface area contributed by atoms with E-state index in [9.17, 15) is 9.90 Å². The largest absolute Gasteiger partial charge is 0.396 e. The van der Waals surface area contributed by atoms with E-state index in [1.54, 1.807) is 0 Å². The molecule has 4 nitrogen and oxygen atoms in total. The third kappa shape index (κ3) is 3.23. The number of rotatable bonds is 7. The van der Waals surface area contributed by atoms with Gasteiger partial charge < -0.3 is 15.3 Å². The van der Waals surface area contributed by atoms with E-state index in [4.69, 9.17) is 0 Å². The number of amides is 1. The molecule has 0 unspecified atom stereocenters. The predicted octanol–water partition coefficient (Wildman–Crippen LogP) is 1.14. The van der Waals surface area contributed by atoms with Crippen LogP contribution in [-0.2, 0) is 4.79 Å². The Kier molecular flexibility index (Phi) is 4.62. The zero-order valence-electron chi connectivity index (χ0n) is 11.5. The number of aliphatic hydroxyl groups is 1. The van der Waals surface area contributed by atoms with E-state index in [1.807, 2.05) is 11.8 Å². The molecule has 0 bridgehead atoms. The molecular weight excluding hydrogens is 228 g/mol. The molecule has 0 aromatic heterocycles. The van der Waals surface area contributed by atoms with Crippen molar-refractivity contribution in [3.05, 3.63) is 0 Å². The van der Waals surface area contributed by atoms with E-state index in [0.29, 0.717) is 12.6 Å². The van der Waals surface area contributed by atoms with Gasteiger partial charge in [-0.15, -0.1) is 0 Å². The first-order chi connectivity index (χ1) is 8.71. The smallest absolute Gasteiger partial charge is 0.236 e. The quantitative estimate of drug-likeness (QED) is 0.716. The lowest BCUT2D eigenvalue weighted by Crippen LogP contribution is -2.43. The molecular formula is C14H26N2O2. The van der Waals surface area contributed by atoms with Crippen LogP contribution < -0.4 is 5.32 Å². The second-order valence-electron chi connectivity index (χ2n) is 5.88. The Balaban J connectivity index is 1.72.